The van der Waals surface area contributed by atoms with Gasteiger partial charge in [-0.1, -0.05) is 24.3 Å². The van der Waals surface area contributed by atoms with Gasteiger partial charge in [-0.15, -0.1) is 10.2 Å². The van der Waals surface area contributed by atoms with Gasteiger partial charge in [0.25, 0.3) is 16.1 Å². The van der Waals surface area contributed by atoms with Crippen molar-refractivity contribution in [2.75, 3.05) is 27.2 Å². The summed E-state index contributed by atoms with van der Waals surface area (Å²) in [6, 6.07) is 9.52. The Morgan fingerprint density at radius 1 is 1.13 bits per heavy atom. The third-order valence-corrected chi connectivity index (χ3v) is 6.80. The molecule has 0 bridgehead atoms. The second-order valence-electron chi connectivity index (χ2n) is 7.10. The van der Waals surface area contributed by atoms with Crippen molar-refractivity contribution in [3.63, 3.8) is 0 Å². The summed E-state index contributed by atoms with van der Waals surface area (Å²) in [4.78, 5) is 9.13. The lowest BCUT2D eigenvalue weighted by molar-refractivity contribution is 0.396. The molecule has 0 aliphatic carbocycles. The maximum absolute atomic E-state index is 12.3. The van der Waals surface area contributed by atoms with Crippen LogP contribution in [0.3, 0.4) is 0 Å². The molecular weight excluding hydrogens is 404 g/mol. The van der Waals surface area contributed by atoms with Crippen LogP contribution < -0.4 is 0 Å². The standard InChI is InChI=1S/C20H22N6O3S.H2/c1-14-18(20-24-23-19(29-20)16-7-5-4-6-8-16)22-17(13-21-14)15-9-11-26(12-10-15)30(27,28)25(2)3;/h4-9,13H,10-12H2,1-3H3;1H. The summed E-state index contributed by atoms with van der Waals surface area (Å²) in [5.74, 6) is 0.715. The zero-order valence-corrected chi connectivity index (χ0v) is 17.8. The molecule has 0 unspecified atom stereocenters. The van der Waals surface area contributed by atoms with Crippen molar-refractivity contribution in [1.29, 1.82) is 0 Å². The number of hydrogen-bond acceptors (Lipinski definition) is 7. The van der Waals surface area contributed by atoms with Crippen molar-refractivity contribution in [3.05, 3.63) is 54.0 Å². The van der Waals surface area contributed by atoms with Gasteiger partial charge in [0.15, 0.2) is 0 Å². The fourth-order valence-corrected chi connectivity index (χ4v) is 4.19. The second-order valence-corrected chi connectivity index (χ2v) is 9.24. The van der Waals surface area contributed by atoms with E-state index < -0.39 is 10.2 Å². The van der Waals surface area contributed by atoms with Gasteiger partial charge in [-0.05, 0) is 31.1 Å². The molecule has 158 valence electrons. The number of benzene rings is 1. The van der Waals surface area contributed by atoms with Crippen molar-refractivity contribution in [3.8, 4) is 23.0 Å². The maximum Gasteiger partial charge on any atom is 0.281 e. The first-order chi connectivity index (χ1) is 14.4. The van der Waals surface area contributed by atoms with E-state index in [0.29, 0.717) is 48.4 Å². The molecule has 10 heteroatoms. The smallest absolute Gasteiger partial charge is 0.281 e. The summed E-state index contributed by atoms with van der Waals surface area (Å²) in [6.07, 6.45) is 4.11. The fraction of sp³-hybridized carbons (Fsp3) is 0.300. The minimum absolute atomic E-state index is 0. The normalized spacial score (nSPS) is 15.4. The Balaban J connectivity index is 0.00000272. The highest BCUT2D eigenvalue weighted by atomic mass is 32.2. The van der Waals surface area contributed by atoms with E-state index in [0.717, 1.165) is 11.1 Å². The van der Waals surface area contributed by atoms with Crippen LogP contribution in [-0.4, -0.2) is 64.4 Å². The Labute approximate surface area is 176 Å². The predicted octanol–water partition coefficient (Wildman–Crippen LogP) is 2.64. The van der Waals surface area contributed by atoms with Crippen molar-refractivity contribution in [1.82, 2.24) is 28.8 Å². The average Bonchev–Trinajstić information content (AvgIpc) is 3.25. The van der Waals surface area contributed by atoms with Crippen LogP contribution >= 0.6 is 0 Å². The zero-order chi connectivity index (χ0) is 21.3. The molecule has 0 fully saturated rings. The number of rotatable bonds is 5. The van der Waals surface area contributed by atoms with Crippen molar-refractivity contribution < 1.29 is 14.3 Å². The first-order valence-electron chi connectivity index (χ1n) is 9.46. The molecule has 0 radical (unpaired) electrons. The molecule has 9 nitrogen and oxygen atoms in total. The van der Waals surface area contributed by atoms with Crippen LogP contribution in [0.2, 0.25) is 0 Å². The Morgan fingerprint density at radius 3 is 2.53 bits per heavy atom. The molecular formula is C20H24N6O3S. The fourth-order valence-electron chi connectivity index (χ4n) is 3.15. The van der Waals surface area contributed by atoms with E-state index in [1.807, 2.05) is 43.3 Å². The first kappa shape index (κ1) is 20.3. The molecule has 0 amide bonds. The molecule has 4 rings (SSSR count). The number of hydrogen-bond donors (Lipinski definition) is 0. The molecule has 1 aliphatic heterocycles. The van der Waals surface area contributed by atoms with E-state index >= 15 is 0 Å². The van der Waals surface area contributed by atoms with Crippen molar-refractivity contribution >= 4 is 15.8 Å². The van der Waals surface area contributed by atoms with E-state index in [-0.39, 0.29) is 1.43 Å². The third kappa shape index (κ3) is 3.89. The average molecular weight is 429 g/mol. The van der Waals surface area contributed by atoms with Crippen molar-refractivity contribution in [2.45, 2.75) is 13.3 Å². The summed E-state index contributed by atoms with van der Waals surface area (Å²) in [5.41, 5.74) is 3.64. The molecule has 3 aromatic rings. The predicted molar refractivity (Wildman–Crippen MR) is 114 cm³/mol. The SMILES string of the molecule is Cc1ncc(C2=CCN(S(=O)(=O)N(C)C)CC2)nc1-c1nnc(-c2ccccc2)o1.[HH]. The molecule has 0 saturated heterocycles. The monoisotopic (exact) mass is 428 g/mol. The van der Waals surface area contributed by atoms with E-state index in [2.05, 4.69) is 15.2 Å². The largest absolute Gasteiger partial charge is 0.415 e. The number of aryl methyl sites for hydroxylation is 1. The van der Waals surface area contributed by atoms with Gasteiger partial charge in [0.2, 0.25) is 5.89 Å². The molecule has 2 aromatic heterocycles. The molecule has 0 N–H and O–H groups in total. The maximum atomic E-state index is 12.3. The molecule has 30 heavy (non-hydrogen) atoms. The van der Waals surface area contributed by atoms with Gasteiger partial charge in [-0.2, -0.15) is 17.0 Å². The quantitative estimate of drug-likeness (QED) is 0.615. The van der Waals surface area contributed by atoms with E-state index in [9.17, 15) is 8.42 Å². The summed E-state index contributed by atoms with van der Waals surface area (Å²) >= 11 is 0. The minimum Gasteiger partial charge on any atom is -0.415 e. The van der Waals surface area contributed by atoms with Gasteiger partial charge in [-0.25, -0.2) is 4.98 Å². The van der Waals surface area contributed by atoms with Gasteiger partial charge in [0.05, 0.1) is 17.6 Å². The Hall–Kier alpha value is -2.95. The van der Waals surface area contributed by atoms with Gasteiger partial charge < -0.3 is 4.42 Å². The van der Waals surface area contributed by atoms with Crippen LogP contribution in [0.5, 0.6) is 0 Å². The molecule has 1 aromatic carbocycles. The first-order valence-corrected chi connectivity index (χ1v) is 10.9. The van der Waals surface area contributed by atoms with Crippen LogP contribution in [-0.2, 0) is 10.2 Å². The van der Waals surface area contributed by atoms with Gasteiger partial charge in [0.1, 0.15) is 5.69 Å². The van der Waals surface area contributed by atoms with Crippen molar-refractivity contribution in [2.24, 2.45) is 0 Å². The molecule has 0 spiro atoms. The highest BCUT2D eigenvalue weighted by Crippen LogP contribution is 2.27. The Morgan fingerprint density at radius 2 is 1.87 bits per heavy atom. The van der Waals surface area contributed by atoms with E-state index in [4.69, 9.17) is 9.40 Å². The number of aromatic nitrogens is 4. The summed E-state index contributed by atoms with van der Waals surface area (Å²) < 4.78 is 33.1. The lowest BCUT2D eigenvalue weighted by atomic mass is 10.1. The molecule has 1 aliphatic rings. The highest BCUT2D eigenvalue weighted by Gasteiger charge is 2.27. The summed E-state index contributed by atoms with van der Waals surface area (Å²) in [6.45, 7) is 2.51. The van der Waals surface area contributed by atoms with Gasteiger partial charge in [-0.3, -0.25) is 4.98 Å². The zero-order valence-electron chi connectivity index (χ0n) is 17.0. The summed E-state index contributed by atoms with van der Waals surface area (Å²) in [7, 11) is -0.378. The van der Waals surface area contributed by atoms with Crippen LogP contribution in [0, 0.1) is 6.92 Å². The Kier molecular flexibility index (Phi) is 5.46. The van der Waals surface area contributed by atoms with Crippen LogP contribution in [0.25, 0.3) is 28.6 Å². The van der Waals surface area contributed by atoms with Crippen LogP contribution in [0.1, 0.15) is 19.2 Å². The molecule has 0 saturated carbocycles. The van der Waals surface area contributed by atoms with E-state index in [1.165, 1.54) is 22.7 Å². The van der Waals surface area contributed by atoms with Crippen LogP contribution in [0.15, 0.2) is 47.0 Å². The highest BCUT2D eigenvalue weighted by molar-refractivity contribution is 7.86. The number of nitrogens with zero attached hydrogens (tertiary/aromatic N) is 6. The topological polar surface area (TPSA) is 105 Å². The molecule has 0 atom stereocenters. The second kappa shape index (κ2) is 8.05. The van der Waals surface area contributed by atoms with Gasteiger partial charge in [0, 0.05) is 34.2 Å². The minimum atomic E-state index is -3.43. The lowest BCUT2D eigenvalue weighted by Crippen LogP contribution is -2.42. The lowest BCUT2D eigenvalue weighted by Gasteiger charge is -2.28. The van der Waals surface area contributed by atoms with E-state index in [1.54, 1.807) is 6.20 Å². The Bertz CT molecular complexity index is 1190. The third-order valence-electron chi connectivity index (χ3n) is 4.89. The summed E-state index contributed by atoms with van der Waals surface area (Å²) in [5, 5.41) is 8.26. The van der Waals surface area contributed by atoms with Crippen LogP contribution in [0.4, 0.5) is 0 Å². The molecule has 3 heterocycles. The van der Waals surface area contributed by atoms with Gasteiger partial charge >= 0.3 is 0 Å².